The predicted molar refractivity (Wildman–Crippen MR) is 58.1 cm³/mol. The molecule has 0 atom stereocenters. The van der Waals surface area contributed by atoms with E-state index in [1.165, 1.54) is 4.31 Å². The Morgan fingerprint density at radius 3 is 2.29 bits per heavy atom. The summed E-state index contributed by atoms with van der Waals surface area (Å²) in [5, 5.41) is 0. The number of nitrogens with two attached hydrogens (primary N) is 1. The van der Waals surface area contributed by atoms with E-state index in [-0.39, 0.29) is 6.54 Å². The fraction of sp³-hybridized carbons (Fsp3) is 1.00. The van der Waals surface area contributed by atoms with Crippen molar-refractivity contribution in [2.75, 3.05) is 20.1 Å². The summed E-state index contributed by atoms with van der Waals surface area (Å²) in [6.45, 7) is 6.23. The molecule has 0 saturated heterocycles. The van der Waals surface area contributed by atoms with Gasteiger partial charge in [0.15, 0.2) is 0 Å². The van der Waals surface area contributed by atoms with Crippen LogP contribution in [-0.4, -0.2) is 38.4 Å². The molecule has 0 heterocycles. The van der Waals surface area contributed by atoms with Crippen molar-refractivity contribution in [1.29, 1.82) is 0 Å². The number of nitrogens with one attached hydrogen (secondary N) is 1. The zero-order chi connectivity index (χ0) is 11.4. The van der Waals surface area contributed by atoms with Crippen LogP contribution in [0.2, 0.25) is 0 Å². The highest BCUT2D eigenvalue weighted by molar-refractivity contribution is 7.87. The van der Waals surface area contributed by atoms with E-state index in [2.05, 4.69) is 4.72 Å². The molecule has 0 rings (SSSR count). The van der Waals surface area contributed by atoms with E-state index in [0.29, 0.717) is 6.54 Å². The van der Waals surface area contributed by atoms with Crippen molar-refractivity contribution in [3.63, 3.8) is 0 Å². The van der Waals surface area contributed by atoms with E-state index in [0.717, 1.165) is 6.42 Å². The third kappa shape index (κ3) is 5.54. The Bertz CT molecular complexity index is 256. The normalized spacial score (nSPS) is 13.6. The fourth-order valence-electron chi connectivity index (χ4n) is 0.822. The number of nitrogens with zero attached hydrogens (tertiary/aromatic N) is 1. The standard InChI is InChI=1S/C8H21N3O2S/c1-5-6-11(4)14(12,13)10-7-8(2,3)9/h10H,5-7,9H2,1-4H3. The van der Waals surface area contributed by atoms with E-state index >= 15 is 0 Å². The lowest BCUT2D eigenvalue weighted by Crippen LogP contribution is -2.48. The van der Waals surface area contributed by atoms with E-state index < -0.39 is 15.7 Å². The van der Waals surface area contributed by atoms with Crippen LogP contribution >= 0.6 is 0 Å². The van der Waals surface area contributed by atoms with Gasteiger partial charge in [-0.3, -0.25) is 0 Å². The number of hydrogen-bond acceptors (Lipinski definition) is 3. The van der Waals surface area contributed by atoms with Crippen molar-refractivity contribution in [2.24, 2.45) is 5.73 Å². The molecule has 14 heavy (non-hydrogen) atoms. The molecule has 0 spiro atoms. The molecule has 0 amide bonds. The van der Waals surface area contributed by atoms with Crippen LogP contribution in [0.25, 0.3) is 0 Å². The van der Waals surface area contributed by atoms with E-state index in [4.69, 9.17) is 5.73 Å². The Labute approximate surface area is 86.8 Å². The van der Waals surface area contributed by atoms with Gasteiger partial charge in [0.1, 0.15) is 0 Å². The highest BCUT2D eigenvalue weighted by Gasteiger charge is 2.19. The Hall–Kier alpha value is -0.170. The molecule has 5 nitrogen and oxygen atoms in total. The zero-order valence-electron chi connectivity index (χ0n) is 9.37. The minimum absolute atomic E-state index is 0.239. The number of rotatable bonds is 6. The largest absolute Gasteiger partial charge is 0.324 e. The lowest BCUT2D eigenvalue weighted by Gasteiger charge is -2.22. The Morgan fingerprint density at radius 1 is 1.43 bits per heavy atom. The van der Waals surface area contributed by atoms with Crippen molar-refractivity contribution < 1.29 is 8.42 Å². The minimum Gasteiger partial charge on any atom is -0.324 e. The molecule has 0 aliphatic rings. The van der Waals surface area contributed by atoms with Crippen molar-refractivity contribution >= 4 is 10.2 Å². The summed E-state index contributed by atoms with van der Waals surface area (Å²) in [6, 6.07) is 0. The molecular formula is C8H21N3O2S. The van der Waals surface area contributed by atoms with Gasteiger partial charge >= 0.3 is 0 Å². The van der Waals surface area contributed by atoms with Crippen LogP contribution in [0.15, 0.2) is 0 Å². The molecule has 0 radical (unpaired) electrons. The summed E-state index contributed by atoms with van der Waals surface area (Å²) in [7, 11) is -1.80. The van der Waals surface area contributed by atoms with Gasteiger partial charge in [0, 0.05) is 25.7 Å². The molecule has 0 bridgehead atoms. The lowest BCUT2D eigenvalue weighted by molar-refractivity contribution is 0.439. The molecule has 0 unspecified atom stereocenters. The molecule has 0 aliphatic carbocycles. The van der Waals surface area contributed by atoms with Crippen LogP contribution in [-0.2, 0) is 10.2 Å². The van der Waals surface area contributed by atoms with E-state index in [9.17, 15) is 8.42 Å². The van der Waals surface area contributed by atoms with Gasteiger partial charge in [0.25, 0.3) is 10.2 Å². The van der Waals surface area contributed by atoms with Gasteiger partial charge in [-0.15, -0.1) is 0 Å². The molecule has 3 N–H and O–H groups in total. The van der Waals surface area contributed by atoms with Crippen molar-refractivity contribution in [1.82, 2.24) is 9.03 Å². The van der Waals surface area contributed by atoms with Gasteiger partial charge in [0.2, 0.25) is 0 Å². The molecule has 0 aromatic heterocycles. The zero-order valence-corrected chi connectivity index (χ0v) is 10.2. The second-order valence-electron chi connectivity index (χ2n) is 4.14. The molecule has 0 saturated carbocycles. The van der Waals surface area contributed by atoms with Gasteiger partial charge in [-0.25, -0.2) is 4.72 Å². The summed E-state index contributed by atoms with van der Waals surface area (Å²) in [5.74, 6) is 0. The smallest absolute Gasteiger partial charge is 0.279 e. The van der Waals surface area contributed by atoms with E-state index in [1.807, 2.05) is 6.92 Å². The van der Waals surface area contributed by atoms with Crippen LogP contribution in [0.1, 0.15) is 27.2 Å². The molecular weight excluding hydrogens is 202 g/mol. The van der Waals surface area contributed by atoms with Crippen molar-refractivity contribution in [3.8, 4) is 0 Å². The maximum absolute atomic E-state index is 11.5. The van der Waals surface area contributed by atoms with Crippen LogP contribution in [0.5, 0.6) is 0 Å². The third-order valence-electron chi connectivity index (χ3n) is 1.66. The topological polar surface area (TPSA) is 75.4 Å². The van der Waals surface area contributed by atoms with Crippen molar-refractivity contribution in [2.45, 2.75) is 32.7 Å². The summed E-state index contributed by atoms with van der Waals surface area (Å²) < 4.78 is 26.8. The van der Waals surface area contributed by atoms with E-state index in [1.54, 1.807) is 20.9 Å². The molecule has 0 aromatic rings. The molecule has 86 valence electrons. The van der Waals surface area contributed by atoms with Gasteiger partial charge in [-0.2, -0.15) is 12.7 Å². The second kappa shape index (κ2) is 5.06. The SMILES string of the molecule is CCCN(C)S(=O)(=O)NCC(C)(C)N. The predicted octanol–water partition coefficient (Wildman–Crippen LogP) is -0.100. The van der Waals surface area contributed by atoms with Gasteiger partial charge < -0.3 is 5.73 Å². The Balaban J connectivity index is 4.22. The summed E-state index contributed by atoms with van der Waals surface area (Å²) >= 11 is 0. The quantitative estimate of drug-likeness (QED) is 0.660. The number of hydrogen-bond donors (Lipinski definition) is 2. The van der Waals surface area contributed by atoms with Crippen molar-refractivity contribution in [3.05, 3.63) is 0 Å². The Kier molecular flexibility index (Phi) is 5.00. The van der Waals surface area contributed by atoms with Crippen LogP contribution < -0.4 is 10.5 Å². The fourth-order valence-corrected chi connectivity index (χ4v) is 2.02. The maximum Gasteiger partial charge on any atom is 0.279 e. The average Bonchev–Trinajstić information content (AvgIpc) is 2.00. The molecule has 0 aromatic carbocycles. The first kappa shape index (κ1) is 13.8. The van der Waals surface area contributed by atoms with Crippen LogP contribution in [0, 0.1) is 0 Å². The molecule has 0 aliphatic heterocycles. The highest BCUT2D eigenvalue weighted by atomic mass is 32.2. The van der Waals surface area contributed by atoms with Gasteiger partial charge in [-0.05, 0) is 20.3 Å². The minimum atomic E-state index is -3.35. The van der Waals surface area contributed by atoms with Gasteiger partial charge in [-0.1, -0.05) is 6.92 Å². The lowest BCUT2D eigenvalue weighted by atomic mass is 10.1. The van der Waals surface area contributed by atoms with Gasteiger partial charge in [0.05, 0.1) is 0 Å². The van der Waals surface area contributed by atoms with Crippen LogP contribution in [0.3, 0.4) is 0 Å². The molecule has 6 heteroatoms. The Morgan fingerprint density at radius 2 is 1.93 bits per heavy atom. The average molecular weight is 223 g/mol. The van der Waals surface area contributed by atoms with Crippen LogP contribution in [0.4, 0.5) is 0 Å². The maximum atomic E-state index is 11.5. The highest BCUT2D eigenvalue weighted by Crippen LogP contribution is 1.99. The second-order valence-corrected chi connectivity index (χ2v) is 6.00. The third-order valence-corrected chi connectivity index (χ3v) is 3.17. The summed E-state index contributed by atoms with van der Waals surface area (Å²) in [4.78, 5) is 0. The molecule has 0 fully saturated rings. The monoisotopic (exact) mass is 223 g/mol. The summed E-state index contributed by atoms with van der Waals surface area (Å²) in [6.07, 6.45) is 0.795. The first-order valence-electron chi connectivity index (χ1n) is 4.69. The first-order chi connectivity index (χ1) is 6.19. The first-order valence-corrected chi connectivity index (χ1v) is 6.13. The summed E-state index contributed by atoms with van der Waals surface area (Å²) in [5.41, 5.74) is 5.14.